The van der Waals surface area contributed by atoms with Gasteiger partial charge in [-0.2, -0.15) is 0 Å². The summed E-state index contributed by atoms with van der Waals surface area (Å²) in [6, 6.07) is 6.80. The zero-order valence-electron chi connectivity index (χ0n) is 14.3. The van der Waals surface area contributed by atoms with Crippen molar-refractivity contribution in [2.45, 2.75) is 44.6 Å². The number of rotatable bonds is 6. The Hall–Kier alpha value is -1.33. The van der Waals surface area contributed by atoms with Gasteiger partial charge in [0, 0.05) is 40.7 Å². The second kappa shape index (κ2) is 8.17. The fourth-order valence-corrected chi connectivity index (χ4v) is 3.98. The van der Waals surface area contributed by atoms with Gasteiger partial charge in [-0.25, -0.2) is 0 Å². The highest BCUT2D eigenvalue weighted by Crippen LogP contribution is 2.23. The Morgan fingerprint density at radius 1 is 1.33 bits per heavy atom. The fraction of sp³-hybridized carbons (Fsp3) is 0.526. The van der Waals surface area contributed by atoms with Crippen LogP contribution in [-0.4, -0.2) is 42.0 Å². The van der Waals surface area contributed by atoms with Crippen LogP contribution in [0, 0.1) is 0 Å². The highest BCUT2D eigenvalue weighted by atomic mass is 79.9. The molecule has 0 bridgehead atoms. The van der Waals surface area contributed by atoms with Crippen LogP contribution < -0.4 is 5.32 Å². The second-order valence-electron chi connectivity index (χ2n) is 6.80. The first kappa shape index (κ1) is 17.5. The molecule has 1 amide bonds. The number of carbonyl (C=O) groups is 1. The van der Waals surface area contributed by atoms with Crippen LogP contribution in [0.3, 0.4) is 0 Å². The van der Waals surface area contributed by atoms with Crippen LogP contribution in [0.25, 0.3) is 10.9 Å². The number of likely N-dealkylation sites (N-methyl/N-ethyl adjacent to an activating group) is 1. The second-order valence-corrected chi connectivity index (χ2v) is 7.72. The molecule has 1 aromatic carbocycles. The van der Waals surface area contributed by atoms with Crippen molar-refractivity contribution in [1.82, 2.24) is 15.2 Å². The maximum atomic E-state index is 12.2. The lowest BCUT2D eigenvalue weighted by molar-refractivity contribution is -0.120. The highest BCUT2D eigenvalue weighted by molar-refractivity contribution is 9.10. The van der Waals surface area contributed by atoms with Gasteiger partial charge in [0.2, 0.25) is 5.91 Å². The molecule has 0 aliphatic heterocycles. The molecule has 24 heavy (non-hydrogen) atoms. The van der Waals surface area contributed by atoms with Crippen LogP contribution in [0.1, 0.15) is 37.7 Å². The minimum absolute atomic E-state index is 0.0934. The first-order valence-corrected chi connectivity index (χ1v) is 9.65. The molecule has 1 saturated carbocycles. The van der Waals surface area contributed by atoms with E-state index < -0.39 is 0 Å². The van der Waals surface area contributed by atoms with E-state index in [-0.39, 0.29) is 5.91 Å². The van der Waals surface area contributed by atoms with Gasteiger partial charge >= 0.3 is 0 Å². The summed E-state index contributed by atoms with van der Waals surface area (Å²) in [6.07, 6.45) is 9.03. The molecule has 3 rings (SSSR count). The van der Waals surface area contributed by atoms with E-state index in [0.29, 0.717) is 12.5 Å². The molecule has 1 heterocycles. The van der Waals surface area contributed by atoms with Gasteiger partial charge in [-0.05, 0) is 37.6 Å². The minimum Gasteiger partial charge on any atom is -0.361 e. The van der Waals surface area contributed by atoms with Gasteiger partial charge in [0.15, 0.2) is 0 Å². The first-order valence-electron chi connectivity index (χ1n) is 8.86. The number of hydrogen-bond acceptors (Lipinski definition) is 2. The zero-order valence-corrected chi connectivity index (χ0v) is 15.9. The number of H-pyrrole nitrogens is 1. The van der Waals surface area contributed by atoms with Gasteiger partial charge in [-0.3, -0.25) is 4.79 Å². The Morgan fingerprint density at radius 3 is 2.92 bits per heavy atom. The van der Waals surface area contributed by atoms with Crippen molar-refractivity contribution < 1.29 is 4.79 Å². The maximum absolute atomic E-state index is 12.2. The zero-order chi connectivity index (χ0) is 16.9. The summed E-state index contributed by atoms with van der Waals surface area (Å²) >= 11 is 3.47. The third-order valence-corrected chi connectivity index (χ3v) is 5.56. The van der Waals surface area contributed by atoms with Crippen molar-refractivity contribution in [3.8, 4) is 0 Å². The minimum atomic E-state index is 0.0934. The van der Waals surface area contributed by atoms with Crippen LogP contribution in [-0.2, 0) is 11.2 Å². The van der Waals surface area contributed by atoms with E-state index in [9.17, 15) is 4.79 Å². The molecular formula is C19H26BrN3O. The molecule has 0 radical (unpaired) electrons. The van der Waals surface area contributed by atoms with E-state index in [0.717, 1.165) is 34.0 Å². The molecule has 1 aliphatic rings. The molecule has 4 nitrogen and oxygen atoms in total. The third kappa shape index (κ3) is 4.39. The number of benzene rings is 1. The molecule has 130 valence electrons. The molecule has 0 spiro atoms. The van der Waals surface area contributed by atoms with Crippen molar-refractivity contribution in [2.24, 2.45) is 0 Å². The Bertz CT molecular complexity index is 691. The van der Waals surface area contributed by atoms with Crippen LogP contribution in [0.15, 0.2) is 28.9 Å². The van der Waals surface area contributed by atoms with Crippen molar-refractivity contribution in [2.75, 3.05) is 20.1 Å². The number of fused-ring (bicyclic) bond motifs is 1. The summed E-state index contributed by atoms with van der Waals surface area (Å²) in [5.74, 6) is 0.0934. The van der Waals surface area contributed by atoms with Crippen molar-refractivity contribution in [3.05, 3.63) is 34.4 Å². The number of amides is 1. The van der Waals surface area contributed by atoms with E-state index in [1.54, 1.807) is 0 Å². The fourth-order valence-electron chi connectivity index (χ4n) is 3.62. The van der Waals surface area contributed by atoms with Gasteiger partial charge in [0.1, 0.15) is 0 Å². The van der Waals surface area contributed by atoms with Gasteiger partial charge in [0.25, 0.3) is 0 Å². The molecule has 1 fully saturated rings. The van der Waals surface area contributed by atoms with Gasteiger partial charge in [0.05, 0.1) is 6.42 Å². The number of aromatic amines is 1. The number of nitrogens with one attached hydrogen (secondary N) is 2. The third-order valence-electron chi connectivity index (χ3n) is 5.07. The molecule has 2 N–H and O–H groups in total. The van der Waals surface area contributed by atoms with Crippen LogP contribution in [0.4, 0.5) is 0 Å². The SMILES string of the molecule is CN(CCNC(=O)Cc1c[nH]c2cc(Br)ccc12)C1CCCCC1. The Labute approximate surface area is 152 Å². The topological polar surface area (TPSA) is 48.1 Å². The molecule has 2 aromatic rings. The summed E-state index contributed by atoms with van der Waals surface area (Å²) < 4.78 is 1.04. The summed E-state index contributed by atoms with van der Waals surface area (Å²) in [5.41, 5.74) is 2.11. The lowest BCUT2D eigenvalue weighted by atomic mass is 9.94. The van der Waals surface area contributed by atoms with Crippen molar-refractivity contribution in [3.63, 3.8) is 0 Å². The molecular weight excluding hydrogens is 366 g/mol. The predicted molar refractivity (Wildman–Crippen MR) is 102 cm³/mol. The van der Waals surface area contributed by atoms with E-state index in [1.165, 1.54) is 32.1 Å². The summed E-state index contributed by atoms with van der Waals surface area (Å²) in [4.78, 5) is 17.9. The summed E-state index contributed by atoms with van der Waals surface area (Å²) in [7, 11) is 2.18. The molecule has 0 unspecified atom stereocenters. The largest absolute Gasteiger partial charge is 0.361 e. The number of nitrogens with zero attached hydrogens (tertiary/aromatic N) is 1. The number of halogens is 1. The Morgan fingerprint density at radius 2 is 2.12 bits per heavy atom. The summed E-state index contributed by atoms with van der Waals surface area (Å²) in [6.45, 7) is 1.65. The van der Waals surface area contributed by atoms with Gasteiger partial charge in [-0.15, -0.1) is 0 Å². The number of hydrogen-bond donors (Lipinski definition) is 2. The van der Waals surface area contributed by atoms with Crippen molar-refractivity contribution in [1.29, 1.82) is 0 Å². The lowest BCUT2D eigenvalue weighted by Crippen LogP contribution is -2.39. The van der Waals surface area contributed by atoms with Crippen LogP contribution >= 0.6 is 15.9 Å². The smallest absolute Gasteiger partial charge is 0.224 e. The van der Waals surface area contributed by atoms with E-state index >= 15 is 0 Å². The van der Waals surface area contributed by atoms with Crippen LogP contribution in [0.5, 0.6) is 0 Å². The lowest BCUT2D eigenvalue weighted by Gasteiger charge is -2.31. The van der Waals surface area contributed by atoms with Crippen LogP contribution in [0.2, 0.25) is 0 Å². The van der Waals surface area contributed by atoms with E-state index in [2.05, 4.69) is 44.2 Å². The van der Waals surface area contributed by atoms with Gasteiger partial charge in [-0.1, -0.05) is 41.3 Å². The first-order chi connectivity index (χ1) is 11.6. The quantitative estimate of drug-likeness (QED) is 0.785. The average Bonchev–Trinajstić information content (AvgIpc) is 2.97. The molecule has 0 saturated heterocycles. The Kier molecular flexibility index (Phi) is 5.95. The average molecular weight is 392 g/mol. The standard InChI is InChI=1S/C19H26BrN3O/c1-23(16-5-3-2-4-6-16)10-9-21-19(24)11-14-13-22-18-12-15(20)7-8-17(14)18/h7-8,12-13,16,22H,2-6,9-11H2,1H3,(H,21,24). The van der Waals surface area contributed by atoms with Gasteiger partial charge < -0.3 is 15.2 Å². The number of aromatic nitrogens is 1. The van der Waals surface area contributed by atoms with E-state index in [4.69, 9.17) is 0 Å². The number of carbonyl (C=O) groups excluding carboxylic acids is 1. The molecule has 5 heteroatoms. The monoisotopic (exact) mass is 391 g/mol. The van der Waals surface area contributed by atoms with Crippen molar-refractivity contribution >= 4 is 32.7 Å². The molecule has 0 atom stereocenters. The molecule has 1 aromatic heterocycles. The summed E-state index contributed by atoms with van der Waals surface area (Å²) in [5, 5.41) is 4.18. The normalized spacial score (nSPS) is 16.0. The highest BCUT2D eigenvalue weighted by Gasteiger charge is 2.17. The molecule has 1 aliphatic carbocycles. The maximum Gasteiger partial charge on any atom is 0.224 e. The Balaban J connectivity index is 1.46. The predicted octanol–water partition coefficient (Wildman–Crippen LogP) is 3.85. The van der Waals surface area contributed by atoms with E-state index in [1.807, 2.05) is 18.3 Å².